The van der Waals surface area contributed by atoms with Crippen molar-refractivity contribution in [3.63, 3.8) is 0 Å². The smallest absolute Gasteiger partial charge is 0.271 e. The summed E-state index contributed by atoms with van der Waals surface area (Å²) < 4.78 is 12.2. The lowest BCUT2D eigenvalue weighted by Crippen LogP contribution is -2.20. The van der Waals surface area contributed by atoms with Crippen molar-refractivity contribution < 1.29 is 19.1 Å². The number of nitrogens with zero attached hydrogens (tertiary/aromatic N) is 1. The molecule has 3 aromatic rings. The lowest BCUT2D eigenvalue weighted by atomic mass is 10.2. The average Bonchev–Trinajstić information content (AvgIpc) is 2.79. The van der Waals surface area contributed by atoms with E-state index in [1.807, 2.05) is 44.2 Å². The standard InChI is InChI=1S/C25H23ClIN3O4/c1-3-33-22-13-17(14-28-30-25(32)18-7-9-19(26)10-8-18)12-21(27)24(22)34-15-23(31)29-20-6-4-5-16(2)11-20/h4-14H,3,15H2,1-2H3,(H,29,31)(H,30,32)/b28-14+. The molecule has 2 amide bonds. The average molecular weight is 592 g/mol. The van der Waals surface area contributed by atoms with Gasteiger partial charge in [-0.25, -0.2) is 5.43 Å². The van der Waals surface area contributed by atoms with E-state index >= 15 is 0 Å². The first kappa shape index (κ1) is 25.5. The molecule has 3 aromatic carbocycles. The molecule has 0 aromatic heterocycles. The van der Waals surface area contributed by atoms with Gasteiger partial charge < -0.3 is 14.8 Å². The van der Waals surface area contributed by atoms with Crippen molar-refractivity contribution in [1.82, 2.24) is 5.43 Å². The molecule has 0 bridgehead atoms. The van der Waals surface area contributed by atoms with Crippen LogP contribution in [0.3, 0.4) is 0 Å². The van der Waals surface area contributed by atoms with Crippen LogP contribution < -0.4 is 20.2 Å². The van der Waals surface area contributed by atoms with Gasteiger partial charge in [0.1, 0.15) is 0 Å². The van der Waals surface area contributed by atoms with E-state index < -0.39 is 0 Å². The summed E-state index contributed by atoms with van der Waals surface area (Å²) in [4.78, 5) is 24.5. The number of anilines is 1. The summed E-state index contributed by atoms with van der Waals surface area (Å²) >= 11 is 7.95. The SMILES string of the molecule is CCOc1cc(/C=N/NC(=O)c2ccc(Cl)cc2)cc(I)c1OCC(=O)Nc1cccc(C)c1. The molecule has 0 saturated heterocycles. The van der Waals surface area contributed by atoms with Crippen LogP contribution in [0.15, 0.2) is 65.8 Å². The topological polar surface area (TPSA) is 89.0 Å². The fourth-order valence-electron chi connectivity index (χ4n) is 2.95. The van der Waals surface area contributed by atoms with Crippen LogP contribution in [-0.2, 0) is 4.79 Å². The molecule has 176 valence electrons. The molecular weight excluding hydrogens is 569 g/mol. The predicted octanol–water partition coefficient (Wildman–Crippen LogP) is 5.43. The van der Waals surface area contributed by atoms with Crippen molar-refractivity contribution in [3.8, 4) is 11.5 Å². The minimum absolute atomic E-state index is 0.172. The second-order valence-electron chi connectivity index (χ2n) is 7.18. The van der Waals surface area contributed by atoms with Crippen LogP contribution in [0.5, 0.6) is 11.5 Å². The number of hydrazone groups is 1. The Morgan fingerprint density at radius 2 is 1.85 bits per heavy atom. The first-order valence-corrected chi connectivity index (χ1v) is 11.9. The summed E-state index contributed by atoms with van der Waals surface area (Å²) in [6.07, 6.45) is 1.51. The summed E-state index contributed by atoms with van der Waals surface area (Å²) in [6.45, 7) is 4.05. The molecule has 0 fully saturated rings. The lowest BCUT2D eigenvalue weighted by Gasteiger charge is -2.14. The monoisotopic (exact) mass is 591 g/mol. The fourth-order valence-corrected chi connectivity index (χ4v) is 3.86. The third-order valence-electron chi connectivity index (χ3n) is 4.47. The van der Waals surface area contributed by atoms with Crippen LogP contribution in [0.1, 0.15) is 28.4 Å². The molecule has 0 aliphatic heterocycles. The predicted molar refractivity (Wildman–Crippen MR) is 142 cm³/mol. The summed E-state index contributed by atoms with van der Waals surface area (Å²) in [5.74, 6) is 0.305. The van der Waals surface area contributed by atoms with Gasteiger partial charge in [0.05, 0.1) is 16.4 Å². The summed E-state index contributed by atoms with van der Waals surface area (Å²) in [5.41, 5.74) is 5.38. The van der Waals surface area contributed by atoms with Gasteiger partial charge in [0.2, 0.25) is 0 Å². The molecular formula is C25H23ClIN3O4. The van der Waals surface area contributed by atoms with Crippen LogP contribution in [0.25, 0.3) is 0 Å². The molecule has 0 spiro atoms. The van der Waals surface area contributed by atoms with Gasteiger partial charge in [-0.2, -0.15) is 5.10 Å². The number of aryl methyl sites for hydroxylation is 1. The van der Waals surface area contributed by atoms with E-state index in [1.165, 1.54) is 6.21 Å². The molecule has 0 aliphatic carbocycles. The minimum Gasteiger partial charge on any atom is -0.490 e. The largest absolute Gasteiger partial charge is 0.490 e. The minimum atomic E-state index is -0.354. The highest BCUT2D eigenvalue weighted by atomic mass is 127. The van der Waals surface area contributed by atoms with Gasteiger partial charge in [0.25, 0.3) is 11.8 Å². The molecule has 9 heteroatoms. The van der Waals surface area contributed by atoms with Crippen molar-refractivity contribution in [3.05, 3.63) is 85.9 Å². The van der Waals surface area contributed by atoms with E-state index in [4.69, 9.17) is 21.1 Å². The molecule has 0 saturated carbocycles. The number of hydrogen-bond acceptors (Lipinski definition) is 5. The van der Waals surface area contributed by atoms with E-state index in [9.17, 15) is 9.59 Å². The second-order valence-corrected chi connectivity index (χ2v) is 8.77. The molecule has 2 N–H and O–H groups in total. The molecule has 0 heterocycles. The van der Waals surface area contributed by atoms with E-state index in [0.29, 0.717) is 39.9 Å². The Labute approximate surface area is 216 Å². The van der Waals surface area contributed by atoms with Gasteiger partial charge >= 0.3 is 0 Å². The van der Waals surface area contributed by atoms with E-state index in [-0.39, 0.29) is 18.4 Å². The molecule has 0 radical (unpaired) electrons. The molecule has 3 rings (SSSR count). The van der Waals surface area contributed by atoms with Crippen LogP contribution in [0.2, 0.25) is 5.02 Å². The van der Waals surface area contributed by atoms with E-state index in [0.717, 1.165) is 9.13 Å². The van der Waals surface area contributed by atoms with E-state index in [2.05, 4.69) is 38.4 Å². The number of hydrogen-bond donors (Lipinski definition) is 2. The maximum Gasteiger partial charge on any atom is 0.271 e. The van der Waals surface area contributed by atoms with Crippen molar-refractivity contribution in [2.45, 2.75) is 13.8 Å². The number of benzene rings is 3. The number of rotatable bonds is 9. The van der Waals surface area contributed by atoms with Gasteiger partial charge in [0, 0.05) is 16.3 Å². The fraction of sp³-hybridized carbons (Fsp3) is 0.160. The highest BCUT2D eigenvalue weighted by Crippen LogP contribution is 2.34. The third kappa shape index (κ3) is 7.46. The van der Waals surface area contributed by atoms with Crippen LogP contribution in [-0.4, -0.2) is 31.2 Å². The Balaban J connectivity index is 1.65. The molecule has 0 aliphatic rings. The van der Waals surface area contributed by atoms with Gasteiger partial charge in [-0.1, -0.05) is 23.7 Å². The van der Waals surface area contributed by atoms with Crippen LogP contribution in [0, 0.1) is 10.5 Å². The Morgan fingerprint density at radius 3 is 2.56 bits per heavy atom. The zero-order valence-electron chi connectivity index (χ0n) is 18.6. The second kappa shape index (κ2) is 12.4. The van der Waals surface area contributed by atoms with Gasteiger partial charge in [-0.15, -0.1) is 0 Å². The zero-order valence-corrected chi connectivity index (χ0v) is 21.5. The lowest BCUT2D eigenvalue weighted by molar-refractivity contribution is -0.118. The number of amides is 2. The Kier molecular flexibility index (Phi) is 9.29. The highest BCUT2D eigenvalue weighted by molar-refractivity contribution is 14.1. The van der Waals surface area contributed by atoms with Crippen LogP contribution in [0.4, 0.5) is 5.69 Å². The summed E-state index contributed by atoms with van der Waals surface area (Å²) in [7, 11) is 0. The van der Waals surface area contributed by atoms with Crippen molar-refractivity contribution >= 4 is 57.9 Å². The van der Waals surface area contributed by atoms with Crippen molar-refractivity contribution in [2.75, 3.05) is 18.5 Å². The normalized spacial score (nSPS) is 10.7. The van der Waals surface area contributed by atoms with Crippen molar-refractivity contribution in [2.24, 2.45) is 5.10 Å². The number of nitrogens with one attached hydrogen (secondary N) is 2. The van der Waals surface area contributed by atoms with Gasteiger partial charge in [0.15, 0.2) is 18.1 Å². The highest BCUT2D eigenvalue weighted by Gasteiger charge is 2.14. The Morgan fingerprint density at radius 1 is 1.09 bits per heavy atom. The molecule has 0 atom stereocenters. The Hall–Kier alpha value is -3.11. The zero-order chi connectivity index (χ0) is 24.5. The maximum atomic E-state index is 12.3. The quantitative estimate of drug-likeness (QED) is 0.197. The third-order valence-corrected chi connectivity index (χ3v) is 5.52. The first-order chi connectivity index (χ1) is 16.4. The maximum absolute atomic E-state index is 12.3. The van der Waals surface area contributed by atoms with Gasteiger partial charge in [-0.05, 0) is 96.1 Å². The van der Waals surface area contributed by atoms with E-state index in [1.54, 1.807) is 30.3 Å². The van der Waals surface area contributed by atoms with Crippen molar-refractivity contribution in [1.29, 1.82) is 0 Å². The van der Waals surface area contributed by atoms with Gasteiger partial charge in [-0.3, -0.25) is 9.59 Å². The molecule has 0 unspecified atom stereocenters. The summed E-state index contributed by atoms with van der Waals surface area (Å²) in [5, 5.41) is 7.38. The molecule has 34 heavy (non-hydrogen) atoms. The van der Waals surface area contributed by atoms with Crippen LogP contribution >= 0.6 is 34.2 Å². The number of carbonyl (C=O) groups excluding carboxylic acids is 2. The number of ether oxygens (including phenoxy) is 2. The first-order valence-electron chi connectivity index (χ1n) is 10.4. The Bertz CT molecular complexity index is 1200. The summed E-state index contributed by atoms with van der Waals surface area (Å²) in [6, 6.07) is 17.6. The molecule has 7 nitrogen and oxygen atoms in total. The number of halogens is 2. The number of carbonyl (C=O) groups is 2.